The molecule has 1 saturated heterocycles. The van der Waals surface area contributed by atoms with Crippen molar-refractivity contribution in [2.45, 2.75) is 110 Å². The molecule has 3 aliphatic rings. The monoisotopic (exact) mass is 653 g/mol. The molecule has 1 aromatic carbocycles. The number of nitrogens with one attached hydrogen (secondary N) is 1. The van der Waals surface area contributed by atoms with Crippen LogP contribution in [0.1, 0.15) is 84.3 Å². The van der Waals surface area contributed by atoms with Crippen LogP contribution >= 0.6 is 0 Å². The molecule has 1 saturated carbocycles. The Labute approximate surface area is 264 Å². The molecule has 1 aromatic heterocycles. The van der Waals surface area contributed by atoms with Crippen molar-refractivity contribution in [3.05, 3.63) is 35.4 Å². The van der Waals surface area contributed by atoms with Gasteiger partial charge in [-0.25, -0.2) is 18.6 Å². The number of benzene rings is 1. The number of halogens is 5. The topological polar surface area (TPSA) is 97.8 Å². The molecule has 2 amide bonds. The third kappa shape index (κ3) is 6.92. The van der Waals surface area contributed by atoms with Gasteiger partial charge >= 0.3 is 12.3 Å². The van der Waals surface area contributed by atoms with Gasteiger partial charge in [-0.05, 0) is 62.1 Å². The van der Waals surface area contributed by atoms with Crippen molar-refractivity contribution in [3.63, 3.8) is 0 Å². The molecule has 0 unspecified atom stereocenters. The van der Waals surface area contributed by atoms with Gasteiger partial charge in [-0.15, -0.1) is 0 Å². The summed E-state index contributed by atoms with van der Waals surface area (Å²) in [6.07, 6.45) is -5.36. The maximum atomic E-state index is 16.0. The Morgan fingerprint density at radius 1 is 1.09 bits per heavy atom. The lowest BCUT2D eigenvalue weighted by molar-refractivity contribution is -0.141. The Morgan fingerprint density at radius 2 is 1.80 bits per heavy atom. The highest BCUT2D eigenvalue weighted by atomic mass is 19.4. The summed E-state index contributed by atoms with van der Waals surface area (Å²) in [6, 6.07) is 1.74. The van der Waals surface area contributed by atoms with Gasteiger partial charge in [0.05, 0.1) is 29.2 Å². The summed E-state index contributed by atoms with van der Waals surface area (Å²) in [5, 5.41) is 2.79. The largest absolute Gasteiger partial charge is 0.472 e. The maximum absolute atomic E-state index is 16.0. The summed E-state index contributed by atoms with van der Waals surface area (Å²) in [4.78, 5) is 45.6. The number of carbonyl (C=O) groups excluding carboxylic acids is 3. The highest BCUT2D eigenvalue weighted by Crippen LogP contribution is 2.44. The van der Waals surface area contributed by atoms with Crippen molar-refractivity contribution in [2.75, 3.05) is 6.54 Å². The summed E-state index contributed by atoms with van der Waals surface area (Å²) in [6.45, 7) is 8.17. The average Bonchev–Trinajstić information content (AvgIpc) is 3.58. The van der Waals surface area contributed by atoms with Crippen molar-refractivity contribution < 1.29 is 45.8 Å². The SMILES string of the molecule is CC[C@@H]1[C@@H]2CN(C(=O)[C@H](C(C)(C)C)NC(=O)O[C@@H]3C[C@H]3CCCCC(F)(F)c3cc4ccc(C(F)(F)F)cc4nc3O2)[C@@H]1C(C)=O. The molecule has 6 atom stereocenters. The zero-order valence-corrected chi connectivity index (χ0v) is 26.5. The summed E-state index contributed by atoms with van der Waals surface area (Å²) < 4.78 is 84.2. The van der Waals surface area contributed by atoms with E-state index >= 15 is 8.78 Å². The second-order valence-corrected chi connectivity index (χ2v) is 13.9. The molecule has 1 N–H and O–H groups in total. The molecular weight excluding hydrogens is 613 g/mol. The molecule has 2 bridgehead atoms. The molecule has 2 aromatic rings. The number of fused-ring (bicyclic) bond motifs is 5. The molecule has 0 radical (unpaired) electrons. The first kappa shape index (κ1) is 33.8. The molecule has 3 heterocycles. The van der Waals surface area contributed by atoms with Crippen LogP contribution in [-0.4, -0.2) is 58.5 Å². The number of hydrogen-bond acceptors (Lipinski definition) is 6. The van der Waals surface area contributed by atoms with E-state index in [-0.39, 0.29) is 41.7 Å². The highest BCUT2D eigenvalue weighted by Gasteiger charge is 2.51. The smallest absolute Gasteiger partial charge is 0.416 e. The number of ether oxygens (including phenoxy) is 2. The normalized spacial score (nSPS) is 29.0. The number of nitrogens with zero attached hydrogens (tertiary/aromatic N) is 2. The minimum atomic E-state index is -4.68. The van der Waals surface area contributed by atoms with E-state index in [0.717, 1.165) is 24.3 Å². The number of Topliss-reactive ketones (excluding diaryl/α,β-unsaturated/α-hetero) is 1. The van der Waals surface area contributed by atoms with Crippen LogP contribution in [-0.2, 0) is 26.4 Å². The molecule has 2 aliphatic heterocycles. The van der Waals surface area contributed by atoms with Gasteiger partial charge in [-0.2, -0.15) is 13.2 Å². The van der Waals surface area contributed by atoms with Crippen molar-refractivity contribution in [3.8, 4) is 5.88 Å². The maximum Gasteiger partial charge on any atom is 0.416 e. The lowest BCUT2D eigenvalue weighted by Gasteiger charge is -2.35. The number of aromatic nitrogens is 1. The second kappa shape index (κ2) is 12.3. The minimum absolute atomic E-state index is 0.0119. The van der Waals surface area contributed by atoms with Crippen LogP contribution in [0.4, 0.5) is 26.7 Å². The Balaban J connectivity index is 1.61. The van der Waals surface area contributed by atoms with Crippen LogP contribution in [0.25, 0.3) is 10.9 Å². The Morgan fingerprint density at radius 3 is 2.43 bits per heavy atom. The van der Waals surface area contributed by atoms with Crippen LogP contribution < -0.4 is 10.1 Å². The summed E-state index contributed by atoms with van der Waals surface area (Å²) >= 11 is 0. The predicted molar refractivity (Wildman–Crippen MR) is 158 cm³/mol. The molecule has 1 aliphatic carbocycles. The van der Waals surface area contributed by atoms with Gasteiger partial charge in [0, 0.05) is 17.7 Å². The van der Waals surface area contributed by atoms with Gasteiger partial charge in [-0.1, -0.05) is 40.2 Å². The fourth-order valence-corrected chi connectivity index (χ4v) is 6.72. The molecule has 8 nitrogen and oxygen atoms in total. The second-order valence-electron chi connectivity index (χ2n) is 13.9. The third-order valence-electron chi connectivity index (χ3n) is 9.34. The van der Waals surface area contributed by atoms with E-state index in [1.54, 1.807) is 27.7 Å². The van der Waals surface area contributed by atoms with E-state index < -0.39 is 77.0 Å². The number of pyridine rings is 1. The van der Waals surface area contributed by atoms with Crippen LogP contribution in [0.5, 0.6) is 5.88 Å². The Hall–Kier alpha value is -3.51. The van der Waals surface area contributed by atoms with E-state index in [2.05, 4.69) is 10.3 Å². The highest BCUT2D eigenvalue weighted by molar-refractivity contribution is 5.92. The van der Waals surface area contributed by atoms with E-state index in [1.807, 2.05) is 0 Å². The van der Waals surface area contributed by atoms with E-state index in [0.29, 0.717) is 25.7 Å². The fourth-order valence-electron chi connectivity index (χ4n) is 6.72. The van der Waals surface area contributed by atoms with Gasteiger partial charge in [0.2, 0.25) is 11.8 Å². The first-order chi connectivity index (χ1) is 21.4. The van der Waals surface area contributed by atoms with Crippen LogP contribution in [0.3, 0.4) is 0 Å². The molecule has 252 valence electrons. The number of alkyl halides is 5. The number of alkyl carbamates (subject to hydrolysis) is 1. The molecule has 2 fully saturated rings. The molecule has 0 spiro atoms. The minimum Gasteiger partial charge on any atom is -0.472 e. The first-order valence-electron chi connectivity index (χ1n) is 15.8. The summed E-state index contributed by atoms with van der Waals surface area (Å²) in [5.41, 5.74) is -2.53. The van der Waals surface area contributed by atoms with E-state index in [1.165, 1.54) is 11.8 Å². The van der Waals surface area contributed by atoms with Gasteiger partial charge in [0.15, 0.2) is 5.78 Å². The zero-order valence-electron chi connectivity index (χ0n) is 26.5. The van der Waals surface area contributed by atoms with E-state index in [9.17, 15) is 27.6 Å². The summed E-state index contributed by atoms with van der Waals surface area (Å²) in [7, 11) is 0. The number of carbonyl (C=O) groups is 3. The Kier molecular flexibility index (Phi) is 9.02. The lowest BCUT2D eigenvalue weighted by atomic mass is 9.85. The van der Waals surface area contributed by atoms with Crippen LogP contribution in [0, 0.1) is 17.3 Å². The molecule has 13 heteroatoms. The fraction of sp³-hybridized carbons (Fsp3) is 0.636. The quantitative estimate of drug-likeness (QED) is 0.350. The van der Waals surface area contributed by atoms with Crippen LogP contribution in [0.15, 0.2) is 24.3 Å². The summed E-state index contributed by atoms with van der Waals surface area (Å²) in [5.74, 6) is -5.54. The van der Waals surface area contributed by atoms with Crippen molar-refractivity contribution in [2.24, 2.45) is 17.3 Å². The number of rotatable bonds is 2. The third-order valence-corrected chi connectivity index (χ3v) is 9.34. The van der Waals surface area contributed by atoms with Gasteiger partial charge < -0.3 is 19.7 Å². The van der Waals surface area contributed by atoms with Crippen molar-refractivity contribution in [1.82, 2.24) is 15.2 Å². The molecule has 5 rings (SSSR count). The Bertz CT molecular complexity index is 1510. The molecule has 46 heavy (non-hydrogen) atoms. The van der Waals surface area contributed by atoms with Gasteiger partial charge in [-0.3, -0.25) is 9.59 Å². The molecular formula is C33H40F5N3O5. The van der Waals surface area contributed by atoms with Crippen LogP contribution in [0.2, 0.25) is 0 Å². The number of amides is 2. The standard InChI is InChI=1S/C33H40F5N3O5/c1-6-21-25-16-41(26(21)17(2)42)29(43)27(31(3,4)5)40-30(44)46-24-14-19(24)9-7-8-12-32(34,35)22-13-18-10-11-20(33(36,37)38)15-23(18)39-28(22)45-25/h10-11,13,15,19,21,24-27H,6-9,12,14,16H2,1-5H3,(H,40,44)/t19-,21-,24-,25+,26-,27-/m1/s1. The predicted octanol–water partition coefficient (Wildman–Crippen LogP) is 7.02. The lowest BCUT2D eigenvalue weighted by Crippen LogP contribution is -2.57. The van der Waals surface area contributed by atoms with Crippen molar-refractivity contribution in [1.29, 1.82) is 0 Å². The van der Waals surface area contributed by atoms with Gasteiger partial charge in [0.1, 0.15) is 18.2 Å². The zero-order chi connectivity index (χ0) is 33.8. The first-order valence-corrected chi connectivity index (χ1v) is 15.8. The van der Waals surface area contributed by atoms with Crippen molar-refractivity contribution >= 4 is 28.7 Å². The number of hydrogen-bond donors (Lipinski definition) is 1. The number of ketones is 1. The van der Waals surface area contributed by atoms with Gasteiger partial charge in [0.25, 0.3) is 5.92 Å². The van der Waals surface area contributed by atoms with E-state index in [4.69, 9.17) is 9.47 Å². The average molecular weight is 654 g/mol.